The molecular weight excluding hydrogens is 462 g/mol. The summed E-state index contributed by atoms with van der Waals surface area (Å²) in [5, 5.41) is 14.9. The monoisotopic (exact) mass is 489 g/mol. The Morgan fingerprint density at radius 1 is 1.00 bits per heavy atom. The first-order valence-electron chi connectivity index (χ1n) is 11.3. The predicted molar refractivity (Wildman–Crippen MR) is 136 cm³/mol. The van der Waals surface area contributed by atoms with E-state index in [1.807, 2.05) is 41.0 Å². The Hall–Kier alpha value is -3.85. The van der Waals surface area contributed by atoms with Crippen molar-refractivity contribution < 1.29 is 14.0 Å². The van der Waals surface area contributed by atoms with Gasteiger partial charge in [-0.25, -0.2) is 0 Å². The molecule has 2 heterocycles. The van der Waals surface area contributed by atoms with E-state index in [-0.39, 0.29) is 17.6 Å². The van der Waals surface area contributed by atoms with Crippen molar-refractivity contribution in [1.29, 1.82) is 0 Å². The van der Waals surface area contributed by atoms with Crippen LogP contribution < -0.4 is 10.6 Å². The highest BCUT2D eigenvalue weighted by molar-refractivity contribution is 7.99. The van der Waals surface area contributed by atoms with Crippen molar-refractivity contribution in [3.63, 3.8) is 0 Å². The van der Waals surface area contributed by atoms with Crippen LogP contribution in [-0.4, -0.2) is 32.3 Å². The second-order valence-corrected chi connectivity index (χ2v) is 9.28. The average molecular weight is 490 g/mol. The van der Waals surface area contributed by atoms with Crippen LogP contribution in [0.5, 0.6) is 0 Å². The van der Waals surface area contributed by atoms with Crippen molar-refractivity contribution in [3.05, 3.63) is 84.1 Å². The third-order valence-electron chi connectivity index (χ3n) is 5.08. The van der Waals surface area contributed by atoms with Gasteiger partial charge < -0.3 is 15.1 Å². The van der Waals surface area contributed by atoms with E-state index in [2.05, 4.69) is 34.7 Å². The van der Waals surface area contributed by atoms with Gasteiger partial charge in [0.15, 0.2) is 16.7 Å². The van der Waals surface area contributed by atoms with Crippen LogP contribution in [0.15, 0.2) is 82.6 Å². The number of thioether (sulfide) groups is 1. The van der Waals surface area contributed by atoms with Gasteiger partial charge in [0.05, 0.1) is 23.3 Å². The normalized spacial score (nSPS) is 10.9. The Kier molecular flexibility index (Phi) is 7.99. The topological polar surface area (TPSA) is 102 Å². The van der Waals surface area contributed by atoms with Crippen LogP contribution >= 0.6 is 11.8 Å². The molecule has 0 aliphatic carbocycles. The number of benzene rings is 2. The summed E-state index contributed by atoms with van der Waals surface area (Å²) >= 11 is 1.29. The summed E-state index contributed by atoms with van der Waals surface area (Å²) in [6.45, 7) is 5.30. The number of carbonyl (C=O) groups excluding carboxylic acids is 2. The van der Waals surface area contributed by atoms with Crippen molar-refractivity contribution in [2.45, 2.75) is 32.1 Å². The van der Waals surface area contributed by atoms with Crippen LogP contribution in [0.4, 0.5) is 5.69 Å². The number of para-hydroxylation sites is 1. The Morgan fingerprint density at radius 2 is 1.77 bits per heavy atom. The van der Waals surface area contributed by atoms with Gasteiger partial charge in [-0.05, 0) is 35.7 Å². The van der Waals surface area contributed by atoms with Gasteiger partial charge in [0.2, 0.25) is 5.91 Å². The third-order valence-corrected chi connectivity index (χ3v) is 6.05. The highest BCUT2D eigenvalue weighted by atomic mass is 32.2. The molecule has 0 atom stereocenters. The van der Waals surface area contributed by atoms with Gasteiger partial charge in [0.1, 0.15) is 0 Å². The molecular formula is C26H27N5O3S. The van der Waals surface area contributed by atoms with Crippen LogP contribution in [0.2, 0.25) is 0 Å². The van der Waals surface area contributed by atoms with E-state index in [0.717, 1.165) is 5.56 Å². The maximum atomic E-state index is 12.8. The number of nitrogens with one attached hydrogen (secondary N) is 2. The largest absolute Gasteiger partial charge is 0.461 e. The lowest BCUT2D eigenvalue weighted by Crippen LogP contribution is -2.25. The Labute approximate surface area is 208 Å². The molecule has 2 aromatic heterocycles. The lowest BCUT2D eigenvalue weighted by atomic mass is 10.1. The Morgan fingerprint density at radius 3 is 2.51 bits per heavy atom. The molecule has 0 saturated carbocycles. The van der Waals surface area contributed by atoms with Crippen LogP contribution in [0, 0.1) is 5.92 Å². The summed E-state index contributed by atoms with van der Waals surface area (Å²) in [5.41, 5.74) is 1.87. The van der Waals surface area contributed by atoms with Crippen molar-refractivity contribution in [2.75, 3.05) is 11.1 Å². The molecule has 2 amide bonds. The van der Waals surface area contributed by atoms with Crippen LogP contribution in [0.3, 0.4) is 0 Å². The van der Waals surface area contributed by atoms with E-state index >= 15 is 0 Å². The molecule has 8 nitrogen and oxygen atoms in total. The van der Waals surface area contributed by atoms with E-state index in [1.54, 1.807) is 36.6 Å². The summed E-state index contributed by atoms with van der Waals surface area (Å²) in [6, 6.07) is 20.3. The molecule has 2 N–H and O–H groups in total. The minimum atomic E-state index is -0.253. The SMILES string of the molecule is CC(C)Cn1c(SCC(=O)Nc2ccccc2C(=O)NCc2ccccc2)nnc1-c1ccco1. The number of hydrogen-bond donors (Lipinski definition) is 2. The van der Waals surface area contributed by atoms with E-state index in [0.29, 0.717) is 47.0 Å². The zero-order valence-electron chi connectivity index (χ0n) is 19.6. The first-order chi connectivity index (χ1) is 17.0. The fourth-order valence-electron chi connectivity index (χ4n) is 3.49. The molecule has 0 radical (unpaired) electrons. The quantitative estimate of drug-likeness (QED) is 0.309. The number of rotatable bonds is 10. The van der Waals surface area contributed by atoms with Crippen LogP contribution in [0.1, 0.15) is 29.8 Å². The number of hydrogen-bond acceptors (Lipinski definition) is 6. The zero-order valence-corrected chi connectivity index (χ0v) is 20.4. The van der Waals surface area contributed by atoms with Gasteiger partial charge in [-0.2, -0.15) is 0 Å². The first kappa shape index (κ1) is 24.3. The molecule has 0 aliphatic rings. The predicted octanol–water partition coefficient (Wildman–Crippen LogP) is 4.85. The second kappa shape index (κ2) is 11.5. The van der Waals surface area contributed by atoms with Crippen molar-refractivity contribution in [3.8, 4) is 11.6 Å². The van der Waals surface area contributed by atoms with Gasteiger partial charge in [0, 0.05) is 13.1 Å². The molecule has 0 spiro atoms. The van der Waals surface area contributed by atoms with Gasteiger partial charge in [0.25, 0.3) is 5.91 Å². The maximum absolute atomic E-state index is 12.8. The minimum Gasteiger partial charge on any atom is -0.461 e. The highest BCUT2D eigenvalue weighted by Crippen LogP contribution is 2.26. The Balaban J connectivity index is 1.40. The average Bonchev–Trinajstić information content (AvgIpc) is 3.52. The molecule has 180 valence electrons. The van der Waals surface area contributed by atoms with Crippen LogP contribution in [-0.2, 0) is 17.9 Å². The van der Waals surface area contributed by atoms with E-state index in [1.165, 1.54) is 11.8 Å². The number of furan rings is 1. The number of anilines is 1. The second-order valence-electron chi connectivity index (χ2n) is 8.34. The third kappa shape index (κ3) is 6.39. The number of aromatic nitrogens is 3. The minimum absolute atomic E-state index is 0.119. The molecule has 0 saturated heterocycles. The number of amides is 2. The van der Waals surface area contributed by atoms with Gasteiger partial charge in [-0.1, -0.05) is 68.1 Å². The van der Waals surface area contributed by atoms with Gasteiger partial charge in [-0.15, -0.1) is 10.2 Å². The van der Waals surface area contributed by atoms with E-state index in [9.17, 15) is 9.59 Å². The highest BCUT2D eigenvalue weighted by Gasteiger charge is 2.19. The first-order valence-corrected chi connectivity index (χ1v) is 12.3. The zero-order chi connectivity index (χ0) is 24.6. The van der Waals surface area contributed by atoms with Gasteiger partial charge >= 0.3 is 0 Å². The Bertz CT molecular complexity index is 1270. The number of carbonyl (C=O) groups is 2. The van der Waals surface area contributed by atoms with Crippen molar-refractivity contribution >= 4 is 29.3 Å². The standard InChI is InChI=1S/C26H27N5O3S/c1-18(2)16-31-24(22-13-8-14-34-22)29-30-26(31)35-17-23(32)28-21-12-7-6-11-20(21)25(33)27-15-19-9-4-3-5-10-19/h3-14,18H,15-17H2,1-2H3,(H,27,33)(H,28,32). The van der Waals surface area contributed by atoms with E-state index in [4.69, 9.17) is 4.42 Å². The smallest absolute Gasteiger partial charge is 0.253 e. The molecule has 35 heavy (non-hydrogen) atoms. The molecule has 0 fully saturated rings. The summed E-state index contributed by atoms with van der Waals surface area (Å²) in [6.07, 6.45) is 1.59. The molecule has 0 unspecified atom stereocenters. The number of nitrogens with zero attached hydrogens (tertiary/aromatic N) is 3. The van der Waals surface area contributed by atoms with Crippen molar-refractivity contribution in [1.82, 2.24) is 20.1 Å². The molecule has 4 aromatic rings. The fraction of sp³-hybridized carbons (Fsp3) is 0.231. The summed E-state index contributed by atoms with van der Waals surface area (Å²) in [5.74, 6) is 1.24. The van der Waals surface area contributed by atoms with Crippen LogP contribution in [0.25, 0.3) is 11.6 Å². The fourth-order valence-corrected chi connectivity index (χ4v) is 4.24. The molecule has 0 aliphatic heterocycles. The lowest BCUT2D eigenvalue weighted by molar-refractivity contribution is -0.113. The van der Waals surface area contributed by atoms with E-state index < -0.39 is 0 Å². The summed E-state index contributed by atoms with van der Waals surface area (Å²) < 4.78 is 7.46. The molecule has 0 bridgehead atoms. The molecule has 4 rings (SSSR count). The maximum Gasteiger partial charge on any atom is 0.253 e. The molecule has 9 heteroatoms. The molecule has 2 aromatic carbocycles. The summed E-state index contributed by atoms with van der Waals surface area (Å²) in [4.78, 5) is 25.5. The lowest BCUT2D eigenvalue weighted by Gasteiger charge is -2.13. The van der Waals surface area contributed by atoms with Crippen molar-refractivity contribution in [2.24, 2.45) is 5.92 Å². The summed E-state index contributed by atoms with van der Waals surface area (Å²) in [7, 11) is 0. The van der Waals surface area contributed by atoms with Gasteiger partial charge in [-0.3, -0.25) is 14.2 Å².